The van der Waals surface area contributed by atoms with Crippen molar-refractivity contribution in [3.63, 3.8) is 0 Å². The molecule has 0 amide bonds. The summed E-state index contributed by atoms with van der Waals surface area (Å²) >= 11 is 0. The van der Waals surface area contributed by atoms with E-state index < -0.39 is 0 Å². The molecule has 1 saturated heterocycles. The van der Waals surface area contributed by atoms with E-state index in [1.54, 1.807) is 6.92 Å². The van der Waals surface area contributed by atoms with Gasteiger partial charge in [-0.1, -0.05) is 6.92 Å². The van der Waals surface area contributed by atoms with Crippen LogP contribution in [0, 0.1) is 19.8 Å². The Bertz CT molecular complexity index is 531. The van der Waals surface area contributed by atoms with Gasteiger partial charge in [-0.3, -0.25) is 9.59 Å². The van der Waals surface area contributed by atoms with Crippen LogP contribution in [0.2, 0.25) is 0 Å². The molecule has 2 rings (SSSR count). The van der Waals surface area contributed by atoms with E-state index in [-0.39, 0.29) is 11.6 Å². The molecule has 1 aromatic rings. The summed E-state index contributed by atoms with van der Waals surface area (Å²) in [6.45, 7) is 10.2. The molecule has 1 aliphatic heterocycles. The number of carbonyl (C=O) groups is 2. The maximum Gasteiger partial charge on any atom is 0.233 e. The minimum absolute atomic E-state index is 0.0224. The highest BCUT2D eigenvalue weighted by Crippen LogP contribution is 2.18. The lowest BCUT2D eigenvalue weighted by Crippen LogP contribution is -3.14. The first-order chi connectivity index (χ1) is 9.40. The molecule has 1 aromatic heterocycles. The van der Waals surface area contributed by atoms with E-state index in [0.717, 1.165) is 24.3 Å². The van der Waals surface area contributed by atoms with E-state index in [2.05, 4.69) is 11.9 Å². The molecule has 2 N–H and O–H groups in total. The number of aromatic nitrogens is 1. The van der Waals surface area contributed by atoms with Crippen molar-refractivity contribution in [2.24, 2.45) is 5.92 Å². The fraction of sp³-hybridized carbons (Fsp3) is 0.625. The Kier molecular flexibility index (Phi) is 4.43. The number of ketones is 2. The molecule has 2 heterocycles. The molecule has 0 aliphatic carbocycles. The summed E-state index contributed by atoms with van der Waals surface area (Å²) in [5, 5.41) is 0. The summed E-state index contributed by atoms with van der Waals surface area (Å²) in [6.07, 6.45) is 2.47. The molecule has 0 aromatic carbocycles. The van der Waals surface area contributed by atoms with Crippen LogP contribution in [0.3, 0.4) is 0 Å². The number of piperidine rings is 1. The highest BCUT2D eigenvalue weighted by atomic mass is 16.1. The smallest absolute Gasteiger partial charge is 0.233 e. The van der Waals surface area contributed by atoms with Crippen LogP contribution in [0.5, 0.6) is 0 Å². The summed E-state index contributed by atoms with van der Waals surface area (Å²) in [7, 11) is 0. The third-order valence-electron chi connectivity index (χ3n) is 4.34. The zero-order chi connectivity index (χ0) is 14.9. The summed E-state index contributed by atoms with van der Waals surface area (Å²) < 4.78 is 0. The second-order valence-corrected chi connectivity index (χ2v) is 6.23. The number of likely N-dealkylation sites (tertiary alicyclic amines) is 1. The van der Waals surface area contributed by atoms with Gasteiger partial charge in [-0.05, 0) is 39.2 Å². The average molecular weight is 277 g/mol. The normalized spacial score (nSPS) is 22.8. The van der Waals surface area contributed by atoms with Crippen molar-refractivity contribution >= 4 is 11.6 Å². The second kappa shape index (κ2) is 5.92. The first-order valence-electron chi connectivity index (χ1n) is 7.47. The maximum atomic E-state index is 12.5. The van der Waals surface area contributed by atoms with Gasteiger partial charge in [0.25, 0.3) is 0 Å². The van der Waals surface area contributed by atoms with E-state index in [1.807, 2.05) is 13.8 Å². The van der Waals surface area contributed by atoms with E-state index >= 15 is 0 Å². The van der Waals surface area contributed by atoms with Crippen molar-refractivity contribution in [1.29, 1.82) is 0 Å². The number of rotatable bonds is 4. The lowest BCUT2D eigenvalue weighted by atomic mass is 9.99. The van der Waals surface area contributed by atoms with Crippen molar-refractivity contribution < 1.29 is 14.5 Å². The first kappa shape index (κ1) is 15.0. The van der Waals surface area contributed by atoms with Crippen molar-refractivity contribution in [3.05, 3.63) is 22.5 Å². The van der Waals surface area contributed by atoms with E-state index in [0.29, 0.717) is 23.7 Å². The Morgan fingerprint density at radius 1 is 1.35 bits per heavy atom. The molecule has 1 aliphatic rings. The van der Waals surface area contributed by atoms with Crippen molar-refractivity contribution in [2.75, 3.05) is 19.6 Å². The van der Waals surface area contributed by atoms with Crippen molar-refractivity contribution in [2.45, 2.75) is 40.5 Å². The number of quaternary nitrogens is 1. The number of hydrogen-bond donors (Lipinski definition) is 2. The minimum Gasteiger partial charge on any atom is -0.355 e. The predicted octanol–water partition coefficient (Wildman–Crippen LogP) is 1.33. The largest absolute Gasteiger partial charge is 0.355 e. The van der Waals surface area contributed by atoms with E-state index in [4.69, 9.17) is 0 Å². The standard InChI is InChI=1S/C16H24N2O2/c1-10-6-5-7-18(8-10)9-14(20)16-11(2)15(13(4)19)12(3)17-16/h10,17H,5-9H2,1-4H3/p+1/t10-/m1/s1. The molecule has 0 bridgehead atoms. The second-order valence-electron chi connectivity index (χ2n) is 6.23. The SMILES string of the molecule is CC(=O)c1c(C)[nH]c(C(=O)C[NH+]2CCC[C@@H](C)C2)c1C. The van der Waals surface area contributed by atoms with Crippen molar-refractivity contribution in [3.8, 4) is 0 Å². The quantitative estimate of drug-likeness (QED) is 0.816. The van der Waals surface area contributed by atoms with Crippen LogP contribution in [0.15, 0.2) is 0 Å². The summed E-state index contributed by atoms with van der Waals surface area (Å²) in [5.74, 6) is 0.849. The monoisotopic (exact) mass is 277 g/mol. The summed E-state index contributed by atoms with van der Waals surface area (Å²) in [4.78, 5) is 28.6. The number of aryl methyl sites for hydroxylation is 1. The average Bonchev–Trinajstić information content (AvgIpc) is 2.64. The summed E-state index contributed by atoms with van der Waals surface area (Å²) in [6, 6.07) is 0. The Hall–Kier alpha value is -1.42. The van der Waals surface area contributed by atoms with Gasteiger partial charge in [0.2, 0.25) is 5.78 Å². The molecule has 4 nitrogen and oxygen atoms in total. The Balaban J connectivity index is 2.13. The van der Waals surface area contributed by atoms with Gasteiger partial charge in [0.15, 0.2) is 5.78 Å². The molecule has 1 unspecified atom stereocenters. The molecule has 4 heteroatoms. The molecular formula is C16H25N2O2+. The third kappa shape index (κ3) is 3.01. The minimum atomic E-state index is 0.0224. The van der Waals surface area contributed by atoms with Gasteiger partial charge >= 0.3 is 0 Å². The van der Waals surface area contributed by atoms with E-state index in [1.165, 1.54) is 17.7 Å². The van der Waals surface area contributed by atoms with Gasteiger partial charge < -0.3 is 9.88 Å². The van der Waals surface area contributed by atoms with E-state index in [9.17, 15) is 9.59 Å². The lowest BCUT2D eigenvalue weighted by molar-refractivity contribution is -0.900. The molecule has 20 heavy (non-hydrogen) atoms. The van der Waals surface area contributed by atoms with Crippen LogP contribution in [0.4, 0.5) is 0 Å². The number of aromatic amines is 1. The van der Waals surface area contributed by atoms with Gasteiger partial charge in [0.05, 0.1) is 18.8 Å². The highest BCUT2D eigenvalue weighted by molar-refractivity contribution is 6.03. The molecule has 0 radical (unpaired) electrons. The number of Topliss-reactive ketones (excluding diaryl/α,β-unsaturated/α-hetero) is 2. The molecular weight excluding hydrogens is 252 g/mol. The summed E-state index contributed by atoms with van der Waals surface area (Å²) in [5.41, 5.74) is 2.92. The third-order valence-corrected chi connectivity index (χ3v) is 4.34. The topological polar surface area (TPSA) is 54.4 Å². The first-order valence-corrected chi connectivity index (χ1v) is 7.47. The van der Waals surface area contributed by atoms with Crippen LogP contribution in [0.1, 0.15) is 58.8 Å². The molecule has 0 spiro atoms. The zero-order valence-electron chi connectivity index (χ0n) is 12.9. The molecule has 2 atom stereocenters. The fourth-order valence-corrected chi connectivity index (χ4v) is 3.43. The van der Waals surface area contributed by atoms with Crippen LogP contribution >= 0.6 is 0 Å². The van der Waals surface area contributed by atoms with Crippen LogP contribution in [0.25, 0.3) is 0 Å². The predicted molar refractivity (Wildman–Crippen MR) is 78.6 cm³/mol. The van der Waals surface area contributed by atoms with Gasteiger partial charge in [-0.25, -0.2) is 0 Å². The molecule has 0 saturated carbocycles. The molecule has 110 valence electrons. The van der Waals surface area contributed by atoms with Gasteiger partial charge in [0.1, 0.15) is 6.54 Å². The Morgan fingerprint density at radius 3 is 2.60 bits per heavy atom. The van der Waals surface area contributed by atoms with Crippen LogP contribution in [-0.2, 0) is 0 Å². The van der Waals surface area contributed by atoms with Crippen molar-refractivity contribution in [1.82, 2.24) is 4.98 Å². The fourth-order valence-electron chi connectivity index (χ4n) is 3.43. The Morgan fingerprint density at radius 2 is 2.05 bits per heavy atom. The number of nitrogens with one attached hydrogen (secondary N) is 2. The highest BCUT2D eigenvalue weighted by Gasteiger charge is 2.26. The van der Waals surface area contributed by atoms with Gasteiger partial charge in [-0.15, -0.1) is 0 Å². The van der Waals surface area contributed by atoms with Gasteiger partial charge in [0, 0.05) is 17.2 Å². The Labute approximate surface area is 120 Å². The lowest BCUT2D eigenvalue weighted by Gasteiger charge is -2.27. The zero-order valence-corrected chi connectivity index (χ0v) is 12.9. The van der Waals surface area contributed by atoms with Gasteiger partial charge in [-0.2, -0.15) is 0 Å². The molecule has 1 fully saturated rings. The number of H-pyrrole nitrogens is 1. The number of carbonyl (C=O) groups excluding carboxylic acids is 2. The van der Waals surface area contributed by atoms with Crippen LogP contribution < -0.4 is 4.90 Å². The number of hydrogen-bond acceptors (Lipinski definition) is 2. The maximum absolute atomic E-state index is 12.5. The van der Waals surface area contributed by atoms with Crippen LogP contribution in [-0.4, -0.2) is 36.2 Å².